The summed E-state index contributed by atoms with van der Waals surface area (Å²) in [5.41, 5.74) is 2.15. The van der Waals surface area contributed by atoms with Crippen LogP contribution in [0.2, 0.25) is 0 Å². The Morgan fingerprint density at radius 1 is 1.24 bits per heavy atom. The minimum Gasteiger partial charge on any atom is -0.361 e. The van der Waals surface area contributed by atoms with Crippen LogP contribution in [0.4, 0.5) is 0 Å². The fraction of sp³-hybridized carbons (Fsp3) is 0.733. The van der Waals surface area contributed by atoms with Gasteiger partial charge >= 0.3 is 0 Å². The molecule has 6 heteroatoms. The Kier molecular flexibility index (Phi) is 8.92. The van der Waals surface area contributed by atoms with Crippen LogP contribution in [-0.2, 0) is 0 Å². The maximum Gasteiger partial charge on any atom is 0.191 e. The van der Waals surface area contributed by atoms with Gasteiger partial charge in [0.15, 0.2) is 5.96 Å². The fourth-order valence-electron chi connectivity index (χ4n) is 2.12. The molecule has 1 aromatic heterocycles. The third-order valence-electron chi connectivity index (χ3n) is 3.75. The number of halogens is 1. The van der Waals surface area contributed by atoms with Crippen molar-refractivity contribution in [1.29, 1.82) is 0 Å². The van der Waals surface area contributed by atoms with Crippen molar-refractivity contribution in [1.82, 2.24) is 15.8 Å². The van der Waals surface area contributed by atoms with Crippen molar-refractivity contribution >= 4 is 29.9 Å². The molecule has 2 unspecified atom stereocenters. The lowest BCUT2D eigenvalue weighted by atomic mass is 10.00. The number of aryl methyl sites for hydroxylation is 2. The molecule has 0 aliphatic heterocycles. The summed E-state index contributed by atoms with van der Waals surface area (Å²) >= 11 is 0. The zero-order chi connectivity index (χ0) is 15.3. The van der Waals surface area contributed by atoms with Crippen molar-refractivity contribution in [2.75, 3.05) is 13.6 Å². The van der Waals surface area contributed by atoms with E-state index in [1.165, 1.54) is 5.56 Å². The first-order valence-electron chi connectivity index (χ1n) is 7.26. The molecule has 5 nitrogen and oxygen atoms in total. The smallest absolute Gasteiger partial charge is 0.191 e. The number of hydrogen-bond acceptors (Lipinski definition) is 3. The van der Waals surface area contributed by atoms with Gasteiger partial charge in [0, 0.05) is 31.1 Å². The highest BCUT2D eigenvalue weighted by molar-refractivity contribution is 14.0. The summed E-state index contributed by atoms with van der Waals surface area (Å²) in [6.45, 7) is 13.5. The van der Waals surface area contributed by atoms with Crippen molar-refractivity contribution in [3.8, 4) is 0 Å². The van der Waals surface area contributed by atoms with Gasteiger partial charge in [0.25, 0.3) is 0 Å². The first-order valence-corrected chi connectivity index (χ1v) is 7.26. The minimum atomic E-state index is 0. The number of nitrogens with zero attached hydrogens (tertiary/aromatic N) is 2. The molecule has 122 valence electrons. The molecule has 0 aliphatic rings. The van der Waals surface area contributed by atoms with Gasteiger partial charge in [-0.25, -0.2) is 0 Å². The molecule has 2 N–H and O–H groups in total. The molecule has 1 aromatic rings. The zero-order valence-electron chi connectivity index (χ0n) is 14.2. The number of nitrogens with one attached hydrogen (secondary N) is 2. The Morgan fingerprint density at radius 2 is 1.86 bits per heavy atom. The first-order chi connectivity index (χ1) is 9.36. The summed E-state index contributed by atoms with van der Waals surface area (Å²) in [7, 11) is 1.79. The summed E-state index contributed by atoms with van der Waals surface area (Å²) in [4.78, 5) is 4.26. The molecule has 0 fully saturated rings. The molecule has 0 amide bonds. The maximum atomic E-state index is 5.22. The normalized spacial score (nSPS) is 14.6. The molecule has 21 heavy (non-hydrogen) atoms. The molecule has 1 rings (SSSR count). The third kappa shape index (κ3) is 5.84. The lowest BCUT2D eigenvalue weighted by molar-refractivity contribution is 0.391. The van der Waals surface area contributed by atoms with Crippen LogP contribution in [0.5, 0.6) is 0 Å². The van der Waals surface area contributed by atoms with E-state index in [0.29, 0.717) is 17.9 Å². The number of hydrogen-bond donors (Lipinski definition) is 2. The highest BCUT2D eigenvalue weighted by Gasteiger charge is 2.17. The van der Waals surface area contributed by atoms with E-state index in [9.17, 15) is 0 Å². The van der Waals surface area contributed by atoms with Crippen LogP contribution in [0.3, 0.4) is 0 Å². The minimum absolute atomic E-state index is 0. The Labute approximate surface area is 145 Å². The topological polar surface area (TPSA) is 62.5 Å². The zero-order valence-corrected chi connectivity index (χ0v) is 16.5. The van der Waals surface area contributed by atoms with Crippen LogP contribution in [0.1, 0.15) is 50.6 Å². The molecular weight excluding hydrogens is 379 g/mol. The van der Waals surface area contributed by atoms with Gasteiger partial charge in [-0.2, -0.15) is 0 Å². The van der Waals surface area contributed by atoms with Gasteiger partial charge in [0.05, 0.1) is 5.69 Å². The SMILES string of the molecule is CN=C(NCC(C)c1c(C)noc1C)NC(C)C(C)C.I. The summed E-state index contributed by atoms with van der Waals surface area (Å²) in [6, 6.07) is 0.385. The Hall–Kier alpha value is -0.790. The number of aliphatic imine (C=N–C) groups is 1. The second kappa shape index (κ2) is 9.27. The monoisotopic (exact) mass is 408 g/mol. The van der Waals surface area contributed by atoms with Crippen molar-refractivity contribution < 1.29 is 4.52 Å². The van der Waals surface area contributed by atoms with E-state index < -0.39 is 0 Å². The van der Waals surface area contributed by atoms with Gasteiger partial charge in [-0.1, -0.05) is 25.9 Å². The number of rotatable bonds is 5. The standard InChI is InChI=1S/C15H28N4O.HI/c1-9(2)11(4)18-15(16-7)17-8-10(3)14-12(5)19-20-13(14)6;/h9-11H,8H2,1-7H3,(H2,16,17,18);1H. The summed E-state index contributed by atoms with van der Waals surface area (Å²) in [5, 5.41) is 10.8. The van der Waals surface area contributed by atoms with Gasteiger partial charge in [-0.15, -0.1) is 24.0 Å². The van der Waals surface area contributed by atoms with Crippen molar-refractivity contribution in [3.63, 3.8) is 0 Å². The first kappa shape index (κ1) is 20.2. The van der Waals surface area contributed by atoms with Gasteiger partial charge in [-0.3, -0.25) is 4.99 Å². The third-order valence-corrected chi connectivity index (χ3v) is 3.75. The van der Waals surface area contributed by atoms with Crippen LogP contribution in [0.15, 0.2) is 9.52 Å². The van der Waals surface area contributed by atoms with E-state index in [1.807, 2.05) is 13.8 Å². The fourth-order valence-corrected chi connectivity index (χ4v) is 2.12. The summed E-state index contributed by atoms with van der Waals surface area (Å²) < 4.78 is 5.22. The molecule has 0 bridgehead atoms. The van der Waals surface area contributed by atoms with Gasteiger partial charge < -0.3 is 15.2 Å². The van der Waals surface area contributed by atoms with Crippen LogP contribution < -0.4 is 10.6 Å². The predicted molar refractivity (Wildman–Crippen MR) is 98.6 cm³/mol. The van der Waals surface area contributed by atoms with Crippen LogP contribution in [-0.4, -0.2) is 30.8 Å². The lowest BCUT2D eigenvalue weighted by Gasteiger charge is -2.22. The van der Waals surface area contributed by atoms with Gasteiger partial charge in [0.2, 0.25) is 0 Å². The highest BCUT2D eigenvalue weighted by atomic mass is 127. The highest BCUT2D eigenvalue weighted by Crippen LogP contribution is 2.22. The predicted octanol–water partition coefficient (Wildman–Crippen LogP) is 3.22. The van der Waals surface area contributed by atoms with E-state index in [1.54, 1.807) is 7.05 Å². The molecule has 0 spiro atoms. The van der Waals surface area contributed by atoms with Gasteiger partial charge in [0.1, 0.15) is 5.76 Å². The van der Waals surface area contributed by atoms with Crippen molar-refractivity contribution in [2.45, 2.75) is 53.5 Å². The average Bonchev–Trinajstić information content (AvgIpc) is 2.73. The quantitative estimate of drug-likeness (QED) is 0.446. The second-order valence-electron chi connectivity index (χ2n) is 5.77. The summed E-state index contributed by atoms with van der Waals surface area (Å²) in [6.07, 6.45) is 0. The van der Waals surface area contributed by atoms with E-state index in [-0.39, 0.29) is 24.0 Å². The molecule has 0 aliphatic carbocycles. The molecule has 0 aromatic carbocycles. The van der Waals surface area contributed by atoms with E-state index in [4.69, 9.17) is 4.52 Å². The maximum absolute atomic E-state index is 5.22. The molecule has 2 atom stereocenters. The lowest BCUT2D eigenvalue weighted by Crippen LogP contribution is -2.45. The second-order valence-corrected chi connectivity index (χ2v) is 5.77. The van der Waals surface area contributed by atoms with Crippen LogP contribution in [0.25, 0.3) is 0 Å². The molecule has 0 radical (unpaired) electrons. The largest absolute Gasteiger partial charge is 0.361 e. The summed E-state index contributed by atoms with van der Waals surface area (Å²) in [5.74, 6) is 2.63. The molecule has 0 saturated carbocycles. The van der Waals surface area contributed by atoms with Crippen molar-refractivity contribution in [3.05, 3.63) is 17.0 Å². The van der Waals surface area contributed by atoms with Gasteiger partial charge in [-0.05, 0) is 26.7 Å². The van der Waals surface area contributed by atoms with E-state index >= 15 is 0 Å². The van der Waals surface area contributed by atoms with Crippen LogP contribution >= 0.6 is 24.0 Å². The molecular formula is C15H29IN4O. The molecule has 0 saturated heterocycles. The average molecular weight is 408 g/mol. The van der Waals surface area contributed by atoms with E-state index in [2.05, 4.69) is 48.5 Å². The van der Waals surface area contributed by atoms with Crippen LogP contribution in [0, 0.1) is 19.8 Å². The number of aromatic nitrogens is 1. The molecule has 1 heterocycles. The Morgan fingerprint density at radius 3 is 2.29 bits per heavy atom. The van der Waals surface area contributed by atoms with Crippen molar-refractivity contribution in [2.24, 2.45) is 10.9 Å². The number of guanidine groups is 1. The van der Waals surface area contributed by atoms with E-state index in [0.717, 1.165) is 24.0 Å². The Balaban J connectivity index is 0.00000400. The Bertz CT molecular complexity index is 437.